The minimum atomic E-state index is -0.460. The van der Waals surface area contributed by atoms with Crippen LogP contribution in [0.25, 0.3) is 11.3 Å². The van der Waals surface area contributed by atoms with Gasteiger partial charge in [0.25, 0.3) is 5.91 Å². The summed E-state index contributed by atoms with van der Waals surface area (Å²) in [5.74, 6) is 4.69. The third-order valence-electron chi connectivity index (χ3n) is 3.53. The van der Waals surface area contributed by atoms with Crippen molar-refractivity contribution in [2.45, 2.75) is 0 Å². The fraction of sp³-hybridized carbons (Fsp3) is 0.267. The Morgan fingerprint density at radius 1 is 1.23 bits per heavy atom. The number of nitrogens with one attached hydrogen (secondary N) is 1. The maximum absolute atomic E-state index is 11.6. The number of hydrogen-bond donors (Lipinski definition) is 2. The average Bonchev–Trinajstić information content (AvgIpc) is 2.62. The molecule has 1 fully saturated rings. The summed E-state index contributed by atoms with van der Waals surface area (Å²) >= 11 is 0. The van der Waals surface area contributed by atoms with E-state index in [1.165, 1.54) is 6.20 Å². The standard InChI is InChI=1S/C15H17N5O2/c16-19-15(21)13-10-17-9-12(18-13)11-3-1-2-4-14(11)20-5-7-22-8-6-20/h1-4,9-10H,5-8,16H2,(H,19,21). The van der Waals surface area contributed by atoms with E-state index in [1.807, 2.05) is 24.3 Å². The second-order valence-electron chi connectivity index (χ2n) is 4.88. The summed E-state index contributed by atoms with van der Waals surface area (Å²) in [6, 6.07) is 7.94. The van der Waals surface area contributed by atoms with Crippen molar-refractivity contribution in [3.8, 4) is 11.3 Å². The monoisotopic (exact) mass is 299 g/mol. The lowest BCUT2D eigenvalue weighted by atomic mass is 10.1. The molecule has 0 saturated carbocycles. The molecule has 0 aliphatic carbocycles. The number of aromatic nitrogens is 2. The van der Waals surface area contributed by atoms with E-state index in [0.29, 0.717) is 18.9 Å². The number of hydrazine groups is 1. The van der Waals surface area contributed by atoms with Gasteiger partial charge in [0, 0.05) is 24.3 Å². The zero-order valence-electron chi connectivity index (χ0n) is 12.0. The number of hydrogen-bond acceptors (Lipinski definition) is 6. The van der Waals surface area contributed by atoms with Gasteiger partial charge < -0.3 is 9.64 Å². The number of amides is 1. The van der Waals surface area contributed by atoms with E-state index >= 15 is 0 Å². The molecule has 0 bridgehead atoms. The van der Waals surface area contributed by atoms with Crippen molar-refractivity contribution >= 4 is 11.6 Å². The lowest BCUT2D eigenvalue weighted by Crippen LogP contribution is -2.36. The number of nitrogen functional groups attached to an aromatic ring is 1. The number of carbonyl (C=O) groups excluding carboxylic acids is 1. The van der Waals surface area contributed by atoms with Crippen molar-refractivity contribution < 1.29 is 9.53 Å². The summed E-state index contributed by atoms with van der Waals surface area (Å²) in [6.07, 6.45) is 3.04. The number of morpholine rings is 1. The maximum atomic E-state index is 11.6. The molecule has 0 unspecified atom stereocenters. The van der Waals surface area contributed by atoms with Gasteiger partial charge in [0.1, 0.15) is 5.69 Å². The highest BCUT2D eigenvalue weighted by molar-refractivity contribution is 5.92. The summed E-state index contributed by atoms with van der Waals surface area (Å²) in [4.78, 5) is 22.3. The van der Waals surface area contributed by atoms with E-state index in [1.54, 1.807) is 6.20 Å². The zero-order chi connectivity index (χ0) is 15.4. The van der Waals surface area contributed by atoms with E-state index in [-0.39, 0.29) is 5.69 Å². The molecule has 1 aliphatic heterocycles. The molecule has 3 rings (SSSR count). The smallest absolute Gasteiger partial charge is 0.285 e. The van der Waals surface area contributed by atoms with E-state index in [2.05, 4.69) is 20.3 Å². The third-order valence-corrected chi connectivity index (χ3v) is 3.53. The molecule has 0 atom stereocenters. The lowest BCUT2D eigenvalue weighted by molar-refractivity contribution is 0.0948. The van der Waals surface area contributed by atoms with Crippen molar-refractivity contribution in [3.05, 3.63) is 42.4 Å². The van der Waals surface area contributed by atoms with Gasteiger partial charge in [0.15, 0.2) is 0 Å². The summed E-state index contributed by atoms with van der Waals surface area (Å²) < 4.78 is 5.40. The van der Waals surface area contributed by atoms with Crippen LogP contribution in [0.5, 0.6) is 0 Å². The first-order valence-corrected chi connectivity index (χ1v) is 7.04. The van der Waals surface area contributed by atoms with Crippen LogP contribution in [0.2, 0.25) is 0 Å². The molecule has 1 aromatic carbocycles. The maximum Gasteiger partial charge on any atom is 0.285 e. The number of carbonyl (C=O) groups is 1. The first kappa shape index (κ1) is 14.4. The molecule has 7 heteroatoms. The molecule has 7 nitrogen and oxygen atoms in total. The zero-order valence-corrected chi connectivity index (χ0v) is 12.0. The van der Waals surface area contributed by atoms with Crippen molar-refractivity contribution in [1.82, 2.24) is 15.4 Å². The first-order chi connectivity index (χ1) is 10.8. The van der Waals surface area contributed by atoms with Crippen molar-refractivity contribution in [2.75, 3.05) is 31.2 Å². The van der Waals surface area contributed by atoms with Gasteiger partial charge in [0.05, 0.1) is 31.3 Å². The largest absolute Gasteiger partial charge is 0.378 e. The number of nitrogens with two attached hydrogens (primary N) is 1. The van der Waals surface area contributed by atoms with Gasteiger partial charge >= 0.3 is 0 Å². The van der Waals surface area contributed by atoms with Gasteiger partial charge in [-0.25, -0.2) is 10.8 Å². The van der Waals surface area contributed by atoms with E-state index in [9.17, 15) is 4.79 Å². The molecule has 22 heavy (non-hydrogen) atoms. The number of para-hydroxylation sites is 1. The van der Waals surface area contributed by atoms with Crippen LogP contribution in [-0.4, -0.2) is 42.2 Å². The van der Waals surface area contributed by atoms with Crippen LogP contribution in [0.4, 0.5) is 5.69 Å². The molecule has 1 aromatic heterocycles. The van der Waals surface area contributed by atoms with Crippen molar-refractivity contribution in [1.29, 1.82) is 0 Å². The molecule has 0 spiro atoms. The van der Waals surface area contributed by atoms with Gasteiger partial charge in [0.2, 0.25) is 0 Å². The molecular weight excluding hydrogens is 282 g/mol. The fourth-order valence-corrected chi connectivity index (χ4v) is 2.45. The molecular formula is C15H17N5O2. The van der Waals surface area contributed by atoms with Gasteiger partial charge in [-0.2, -0.15) is 0 Å². The minimum Gasteiger partial charge on any atom is -0.378 e. The SMILES string of the molecule is NNC(=O)c1cncc(-c2ccccc2N2CCOCC2)n1. The Morgan fingerprint density at radius 3 is 2.77 bits per heavy atom. The first-order valence-electron chi connectivity index (χ1n) is 7.04. The molecule has 0 radical (unpaired) electrons. The predicted octanol–water partition coefficient (Wildman–Crippen LogP) is 0.584. The second-order valence-corrected chi connectivity index (χ2v) is 4.88. The molecule has 1 amide bonds. The average molecular weight is 299 g/mol. The number of anilines is 1. The Hall–Kier alpha value is -2.51. The van der Waals surface area contributed by atoms with Crippen LogP contribution in [0, 0.1) is 0 Å². The number of benzene rings is 1. The van der Waals surface area contributed by atoms with Crippen LogP contribution in [0.3, 0.4) is 0 Å². The quantitative estimate of drug-likeness (QED) is 0.489. The van der Waals surface area contributed by atoms with Crippen LogP contribution in [0.15, 0.2) is 36.7 Å². The Balaban J connectivity index is 1.99. The van der Waals surface area contributed by atoms with Crippen molar-refractivity contribution in [3.63, 3.8) is 0 Å². The van der Waals surface area contributed by atoms with Gasteiger partial charge in [-0.05, 0) is 6.07 Å². The summed E-state index contributed by atoms with van der Waals surface area (Å²) in [5.41, 5.74) is 4.90. The predicted molar refractivity (Wildman–Crippen MR) is 82.2 cm³/mol. The van der Waals surface area contributed by atoms with Crippen LogP contribution in [0.1, 0.15) is 10.5 Å². The molecule has 2 aromatic rings. The summed E-state index contributed by atoms with van der Waals surface area (Å²) in [6.45, 7) is 3.06. The number of nitrogens with zero attached hydrogens (tertiary/aromatic N) is 3. The van der Waals surface area contributed by atoms with Gasteiger partial charge in [-0.3, -0.25) is 15.2 Å². The molecule has 1 saturated heterocycles. The second kappa shape index (κ2) is 6.50. The third kappa shape index (κ3) is 2.90. The highest BCUT2D eigenvalue weighted by atomic mass is 16.5. The molecule has 2 heterocycles. The van der Waals surface area contributed by atoms with Crippen LogP contribution >= 0.6 is 0 Å². The Bertz CT molecular complexity index is 670. The Morgan fingerprint density at radius 2 is 2.00 bits per heavy atom. The highest BCUT2D eigenvalue weighted by Crippen LogP contribution is 2.29. The molecule has 3 N–H and O–H groups in total. The van der Waals surface area contributed by atoms with E-state index < -0.39 is 5.91 Å². The highest BCUT2D eigenvalue weighted by Gasteiger charge is 2.17. The molecule has 1 aliphatic rings. The van der Waals surface area contributed by atoms with Crippen LogP contribution < -0.4 is 16.2 Å². The minimum absolute atomic E-state index is 0.191. The number of rotatable bonds is 3. The normalized spacial score (nSPS) is 14.7. The number of ether oxygens (including phenoxy) is 1. The summed E-state index contributed by atoms with van der Waals surface area (Å²) in [5, 5.41) is 0. The Labute approximate surface area is 128 Å². The van der Waals surface area contributed by atoms with Gasteiger partial charge in [-0.1, -0.05) is 18.2 Å². The van der Waals surface area contributed by atoms with E-state index in [4.69, 9.17) is 10.6 Å². The van der Waals surface area contributed by atoms with Crippen LogP contribution in [-0.2, 0) is 4.74 Å². The summed E-state index contributed by atoms with van der Waals surface area (Å²) in [7, 11) is 0. The van der Waals surface area contributed by atoms with E-state index in [0.717, 1.165) is 24.3 Å². The van der Waals surface area contributed by atoms with Gasteiger partial charge in [-0.15, -0.1) is 0 Å². The lowest BCUT2D eigenvalue weighted by Gasteiger charge is -2.30. The van der Waals surface area contributed by atoms with Crippen molar-refractivity contribution in [2.24, 2.45) is 5.84 Å². The molecule has 114 valence electrons. The Kier molecular flexibility index (Phi) is 4.27. The topological polar surface area (TPSA) is 93.4 Å². The fourth-order valence-electron chi connectivity index (χ4n) is 2.45.